The van der Waals surface area contributed by atoms with E-state index < -0.39 is 31.9 Å². The first-order chi connectivity index (χ1) is 14.9. The van der Waals surface area contributed by atoms with Crippen LogP contribution in [-0.4, -0.2) is 49.2 Å². The van der Waals surface area contributed by atoms with Gasteiger partial charge in [0.25, 0.3) is 0 Å². The Kier molecular flexibility index (Phi) is 7.49. The maximum absolute atomic E-state index is 12.7. The van der Waals surface area contributed by atoms with E-state index in [2.05, 4.69) is 5.32 Å². The predicted octanol–water partition coefficient (Wildman–Crippen LogP) is 4.24. The number of carbonyl (C=O) groups excluding carboxylic acids is 1. The molecular formula is C22H26NO7P. The molecule has 0 saturated carbocycles. The van der Waals surface area contributed by atoms with Gasteiger partial charge >= 0.3 is 19.7 Å². The fourth-order valence-electron chi connectivity index (χ4n) is 3.73. The second-order valence-electron chi connectivity index (χ2n) is 6.99. The van der Waals surface area contributed by atoms with Crippen LogP contribution in [-0.2, 0) is 23.1 Å². The molecule has 166 valence electrons. The van der Waals surface area contributed by atoms with E-state index in [0.29, 0.717) is 0 Å². The van der Waals surface area contributed by atoms with Crippen molar-refractivity contribution in [3.8, 4) is 11.1 Å². The molecule has 0 radical (unpaired) electrons. The highest BCUT2D eigenvalue weighted by Gasteiger charge is 2.34. The molecule has 0 aromatic heterocycles. The normalized spacial score (nSPS) is 13.9. The molecule has 1 atom stereocenters. The monoisotopic (exact) mass is 447 g/mol. The Hall–Kier alpha value is -2.67. The van der Waals surface area contributed by atoms with Crippen LogP contribution in [0, 0.1) is 0 Å². The van der Waals surface area contributed by atoms with Gasteiger partial charge in [0.2, 0.25) is 0 Å². The number of hydrogen-bond donors (Lipinski definition) is 2. The zero-order valence-corrected chi connectivity index (χ0v) is 18.3. The van der Waals surface area contributed by atoms with Crippen molar-refractivity contribution >= 4 is 19.7 Å². The van der Waals surface area contributed by atoms with Gasteiger partial charge in [0, 0.05) is 5.92 Å². The van der Waals surface area contributed by atoms with Crippen LogP contribution in [0.3, 0.4) is 0 Å². The Morgan fingerprint density at radius 3 is 2.00 bits per heavy atom. The van der Waals surface area contributed by atoms with Gasteiger partial charge in [0.15, 0.2) is 0 Å². The summed E-state index contributed by atoms with van der Waals surface area (Å²) < 4.78 is 28.3. The van der Waals surface area contributed by atoms with Gasteiger partial charge in [-0.05, 0) is 36.1 Å². The summed E-state index contributed by atoms with van der Waals surface area (Å²) in [6.45, 7) is 3.48. The lowest BCUT2D eigenvalue weighted by atomic mass is 9.98. The molecule has 2 aromatic rings. The third-order valence-electron chi connectivity index (χ3n) is 4.99. The Labute approximate surface area is 181 Å². The van der Waals surface area contributed by atoms with E-state index in [9.17, 15) is 19.3 Å². The first kappa shape index (κ1) is 23.0. The average Bonchev–Trinajstić information content (AvgIpc) is 3.06. The Morgan fingerprint density at radius 2 is 1.52 bits per heavy atom. The van der Waals surface area contributed by atoms with Crippen LogP contribution in [0.15, 0.2) is 48.5 Å². The summed E-state index contributed by atoms with van der Waals surface area (Å²) in [5.74, 6) is -1.51. The Balaban J connectivity index is 1.67. The minimum absolute atomic E-state index is 0.0424. The van der Waals surface area contributed by atoms with E-state index in [0.717, 1.165) is 22.3 Å². The lowest BCUT2D eigenvalue weighted by Gasteiger charge is -2.22. The number of hydrogen-bond acceptors (Lipinski definition) is 6. The molecule has 1 aliphatic rings. The highest BCUT2D eigenvalue weighted by molar-refractivity contribution is 7.54. The minimum atomic E-state index is -3.66. The molecule has 0 saturated heterocycles. The molecule has 9 heteroatoms. The lowest BCUT2D eigenvalue weighted by molar-refractivity contribution is -0.138. The SMILES string of the molecule is CCOP(=O)(CC(NC(=O)OCC1c2ccccc2-c2ccccc21)C(=O)O)OCC. The fourth-order valence-corrected chi connectivity index (χ4v) is 5.49. The summed E-state index contributed by atoms with van der Waals surface area (Å²) in [6, 6.07) is 14.3. The molecule has 31 heavy (non-hydrogen) atoms. The number of amides is 1. The van der Waals surface area contributed by atoms with Gasteiger partial charge in [-0.3, -0.25) is 4.57 Å². The highest BCUT2D eigenvalue weighted by Crippen LogP contribution is 2.48. The van der Waals surface area contributed by atoms with Gasteiger partial charge in [0.05, 0.1) is 19.4 Å². The molecule has 1 aliphatic carbocycles. The maximum atomic E-state index is 12.7. The molecule has 1 unspecified atom stereocenters. The fraction of sp³-hybridized carbons (Fsp3) is 0.364. The van der Waals surface area contributed by atoms with Crippen LogP contribution < -0.4 is 5.32 Å². The molecule has 0 heterocycles. The van der Waals surface area contributed by atoms with E-state index in [-0.39, 0.29) is 25.7 Å². The Morgan fingerprint density at radius 1 is 1.00 bits per heavy atom. The van der Waals surface area contributed by atoms with Crippen molar-refractivity contribution in [3.05, 3.63) is 59.7 Å². The predicted molar refractivity (Wildman–Crippen MR) is 115 cm³/mol. The van der Waals surface area contributed by atoms with Crippen LogP contribution in [0.25, 0.3) is 11.1 Å². The first-order valence-electron chi connectivity index (χ1n) is 10.1. The van der Waals surface area contributed by atoms with Crippen molar-refractivity contribution in [2.24, 2.45) is 0 Å². The summed E-state index contributed by atoms with van der Waals surface area (Å²) in [6.07, 6.45) is -1.40. The molecule has 0 aliphatic heterocycles. The van der Waals surface area contributed by atoms with E-state index >= 15 is 0 Å². The zero-order chi connectivity index (χ0) is 22.4. The number of alkyl carbamates (subject to hydrolysis) is 1. The Bertz CT molecular complexity index is 938. The van der Waals surface area contributed by atoms with Crippen LogP contribution in [0.1, 0.15) is 30.9 Å². The van der Waals surface area contributed by atoms with E-state index in [1.807, 2.05) is 48.5 Å². The molecule has 3 rings (SSSR count). The number of nitrogens with one attached hydrogen (secondary N) is 1. The largest absolute Gasteiger partial charge is 0.480 e. The number of aliphatic carboxylic acids is 1. The molecule has 0 fully saturated rings. The molecule has 2 N–H and O–H groups in total. The van der Waals surface area contributed by atoms with Crippen molar-refractivity contribution < 1.29 is 33.0 Å². The number of carbonyl (C=O) groups is 2. The van der Waals surface area contributed by atoms with Crippen molar-refractivity contribution in [1.82, 2.24) is 5.32 Å². The van der Waals surface area contributed by atoms with Crippen LogP contribution in [0.2, 0.25) is 0 Å². The van der Waals surface area contributed by atoms with Gasteiger partial charge in [-0.15, -0.1) is 0 Å². The third-order valence-corrected chi connectivity index (χ3v) is 7.11. The van der Waals surface area contributed by atoms with Crippen LogP contribution in [0.5, 0.6) is 0 Å². The van der Waals surface area contributed by atoms with E-state index in [1.165, 1.54) is 0 Å². The number of benzene rings is 2. The highest BCUT2D eigenvalue weighted by atomic mass is 31.2. The summed E-state index contributed by atoms with van der Waals surface area (Å²) in [5.41, 5.74) is 4.27. The lowest BCUT2D eigenvalue weighted by Crippen LogP contribution is -2.44. The summed E-state index contributed by atoms with van der Waals surface area (Å²) >= 11 is 0. The van der Waals surface area contributed by atoms with Gasteiger partial charge in [-0.25, -0.2) is 9.59 Å². The smallest absolute Gasteiger partial charge is 0.407 e. The number of ether oxygens (including phenoxy) is 1. The number of carboxylic acids is 1. The van der Waals surface area contributed by atoms with Crippen molar-refractivity contribution in [2.45, 2.75) is 25.8 Å². The van der Waals surface area contributed by atoms with Crippen molar-refractivity contribution in [1.29, 1.82) is 0 Å². The average molecular weight is 447 g/mol. The van der Waals surface area contributed by atoms with Gasteiger partial charge in [-0.2, -0.15) is 0 Å². The first-order valence-corrected chi connectivity index (χ1v) is 11.8. The van der Waals surface area contributed by atoms with Crippen molar-refractivity contribution in [2.75, 3.05) is 26.0 Å². The zero-order valence-electron chi connectivity index (χ0n) is 17.4. The maximum Gasteiger partial charge on any atom is 0.407 e. The number of rotatable bonds is 10. The van der Waals surface area contributed by atoms with Gasteiger partial charge in [0.1, 0.15) is 12.6 Å². The number of carboxylic acid groups (broad SMARTS) is 1. The molecule has 8 nitrogen and oxygen atoms in total. The topological polar surface area (TPSA) is 111 Å². The minimum Gasteiger partial charge on any atom is -0.480 e. The molecule has 0 bridgehead atoms. The van der Waals surface area contributed by atoms with E-state index in [4.69, 9.17) is 13.8 Å². The molecular weight excluding hydrogens is 421 g/mol. The third kappa shape index (κ3) is 5.34. The van der Waals surface area contributed by atoms with Crippen LogP contribution in [0.4, 0.5) is 4.79 Å². The standard InChI is InChI=1S/C22H26NO7P/c1-3-29-31(27,30-4-2)14-20(21(24)25)23-22(26)28-13-19-17-11-7-5-9-15(17)16-10-6-8-12-18(16)19/h5-12,19-20H,3-4,13-14H2,1-2H3,(H,23,26)(H,24,25). The molecule has 2 aromatic carbocycles. The van der Waals surface area contributed by atoms with Crippen molar-refractivity contribution in [3.63, 3.8) is 0 Å². The quantitative estimate of drug-likeness (QED) is 0.524. The van der Waals surface area contributed by atoms with Gasteiger partial charge < -0.3 is 24.2 Å². The summed E-state index contributed by atoms with van der Waals surface area (Å²) in [4.78, 5) is 24.0. The molecule has 0 spiro atoms. The second-order valence-corrected chi connectivity index (χ2v) is 9.09. The van der Waals surface area contributed by atoms with Crippen LogP contribution >= 0.6 is 7.60 Å². The van der Waals surface area contributed by atoms with Gasteiger partial charge in [-0.1, -0.05) is 48.5 Å². The summed E-state index contributed by atoms with van der Waals surface area (Å²) in [5, 5.41) is 11.7. The molecule has 1 amide bonds. The van der Waals surface area contributed by atoms with E-state index in [1.54, 1.807) is 13.8 Å². The summed E-state index contributed by atoms with van der Waals surface area (Å²) in [7, 11) is -3.66. The number of fused-ring (bicyclic) bond motifs is 3. The second kappa shape index (κ2) is 10.1.